The molecular weight excluding hydrogens is 495 g/mol. The molecule has 1 fully saturated rings. The van der Waals surface area contributed by atoms with E-state index in [-0.39, 0.29) is 29.9 Å². The summed E-state index contributed by atoms with van der Waals surface area (Å²) in [5, 5.41) is 10.9. The number of guanidine groups is 1. The van der Waals surface area contributed by atoms with Crippen molar-refractivity contribution in [3.63, 3.8) is 0 Å². The summed E-state index contributed by atoms with van der Waals surface area (Å²) in [6, 6.07) is 8.48. The van der Waals surface area contributed by atoms with E-state index in [0.29, 0.717) is 24.9 Å². The lowest BCUT2D eigenvalue weighted by Gasteiger charge is -2.22. The normalized spacial score (nSPS) is 16.5. The largest absolute Gasteiger partial charge is 0.495 e. The van der Waals surface area contributed by atoms with E-state index in [9.17, 15) is 0 Å². The van der Waals surface area contributed by atoms with E-state index in [0.717, 1.165) is 49.3 Å². The Hall–Kier alpha value is -2.04. The summed E-state index contributed by atoms with van der Waals surface area (Å²) < 4.78 is 10.8. The van der Waals surface area contributed by atoms with Crippen LogP contribution in [-0.2, 0) is 6.42 Å². The molecule has 0 bridgehead atoms. The summed E-state index contributed by atoms with van der Waals surface area (Å²) in [5.41, 5.74) is 1.14. The predicted molar refractivity (Wildman–Crippen MR) is 130 cm³/mol. The van der Waals surface area contributed by atoms with Crippen molar-refractivity contribution in [2.24, 2.45) is 4.99 Å². The zero-order valence-corrected chi connectivity index (χ0v) is 20.6. The summed E-state index contributed by atoms with van der Waals surface area (Å²) in [5.74, 6) is 3.38. The average molecular weight is 528 g/mol. The van der Waals surface area contributed by atoms with Crippen LogP contribution >= 0.6 is 24.0 Å². The molecule has 2 aromatic rings. The number of methoxy groups -OCH3 is 1. The van der Waals surface area contributed by atoms with Gasteiger partial charge in [-0.2, -0.15) is 4.98 Å². The minimum Gasteiger partial charge on any atom is -0.495 e. The molecule has 1 aliphatic heterocycles. The van der Waals surface area contributed by atoms with Crippen LogP contribution < -0.4 is 20.3 Å². The summed E-state index contributed by atoms with van der Waals surface area (Å²) in [6.45, 7) is 9.47. The topological polar surface area (TPSA) is 87.8 Å². The van der Waals surface area contributed by atoms with Gasteiger partial charge < -0.3 is 24.8 Å². The first-order valence-electron chi connectivity index (χ1n) is 10.4. The predicted octanol–water partition coefficient (Wildman–Crippen LogP) is 3.20. The van der Waals surface area contributed by atoms with Crippen molar-refractivity contribution in [3.8, 4) is 5.75 Å². The van der Waals surface area contributed by atoms with Crippen molar-refractivity contribution in [1.82, 2.24) is 20.8 Å². The van der Waals surface area contributed by atoms with Crippen molar-refractivity contribution < 1.29 is 9.26 Å². The fourth-order valence-electron chi connectivity index (χ4n) is 3.37. The summed E-state index contributed by atoms with van der Waals surface area (Å²) >= 11 is 0. The molecule has 1 atom stereocenters. The number of aliphatic imine (C=N–C) groups is 1. The molecular formula is C21H33IN6O2. The van der Waals surface area contributed by atoms with Gasteiger partial charge in [-0.25, -0.2) is 0 Å². The van der Waals surface area contributed by atoms with E-state index in [1.807, 2.05) is 18.2 Å². The van der Waals surface area contributed by atoms with Gasteiger partial charge in [-0.1, -0.05) is 31.1 Å². The van der Waals surface area contributed by atoms with Crippen LogP contribution in [0.1, 0.15) is 44.8 Å². The van der Waals surface area contributed by atoms with Gasteiger partial charge in [-0.05, 0) is 25.5 Å². The Labute approximate surface area is 195 Å². The molecule has 1 unspecified atom stereocenters. The molecule has 9 heteroatoms. The fourth-order valence-corrected chi connectivity index (χ4v) is 3.37. The summed E-state index contributed by atoms with van der Waals surface area (Å²) in [6.07, 6.45) is 1.68. The maximum absolute atomic E-state index is 5.51. The number of ether oxygens (including phenoxy) is 1. The third-order valence-corrected chi connectivity index (χ3v) is 4.89. The highest BCUT2D eigenvalue weighted by Crippen LogP contribution is 2.30. The highest BCUT2D eigenvalue weighted by Gasteiger charge is 2.25. The van der Waals surface area contributed by atoms with Crippen LogP contribution in [0, 0.1) is 0 Å². The second kappa shape index (κ2) is 12.0. The first kappa shape index (κ1) is 24.2. The fraction of sp³-hybridized carbons (Fsp3) is 0.571. The van der Waals surface area contributed by atoms with Gasteiger partial charge in [0.1, 0.15) is 5.75 Å². The van der Waals surface area contributed by atoms with E-state index in [1.54, 1.807) is 7.11 Å². The van der Waals surface area contributed by atoms with Crippen LogP contribution in [0.3, 0.4) is 0 Å². The molecule has 0 saturated carbocycles. The Kier molecular flexibility index (Phi) is 9.67. The quantitative estimate of drug-likeness (QED) is 0.309. The van der Waals surface area contributed by atoms with Gasteiger partial charge in [-0.15, -0.1) is 24.0 Å². The summed E-state index contributed by atoms with van der Waals surface area (Å²) in [7, 11) is 1.72. The van der Waals surface area contributed by atoms with Crippen LogP contribution in [0.15, 0.2) is 33.8 Å². The van der Waals surface area contributed by atoms with Crippen LogP contribution in [0.5, 0.6) is 5.75 Å². The Morgan fingerprint density at radius 1 is 1.37 bits per heavy atom. The molecule has 2 N–H and O–H groups in total. The monoisotopic (exact) mass is 528 g/mol. The SMILES string of the molecule is CCNC(=NCCc1nc(C(C)C)no1)NC1CCN(c2ccccc2OC)C1.I. The lowest BCUT2D eigenvalue weighted by molar-refractivity contribution is 0.372. The number of nitrogens with one attached hydrogen (secondary N) is 2. The van der Waals surface area contributed by atoms with Gasteiger partial charge in [0.05, 0.1) is 19.3 Å². The molecule has 166 valence electrons. The number of para-hydroxylation sites is 2. The van der Waals surface area contributed by atoms with Crippen molar-refractivity contribution in [3.05, 3.63) is 36.0 Å². The summed E-state index contributed by atoms with van der Waals surface area (Å²) in [4.78, 5) is 11.4. The zero-order valence-electron chi connectivity index (χ0n) is 18.2. The molecule has 8 nitrogen and oxygen atoms in total. The molecule has 0 radical (unpaired) electrons. The van der Waals surface area contributed by atoms with Crippen LogP contribution in [0.4, 0.5) is 5.69 Å². The number of halogens is 1. The second-order valence-corrected chi connectivity index (χ2v) is 7.46. The van der Waals surface area contributed by atoms with Crippen molar-refractivity contribution >= 4 is 35.6 Å². The van der Waals surface area contributed by atoms with Gasteiger partial charge >= 0.3 is 0 Å². The molecule has 1 saturated heterocycles. The number of rotatable bonds is 8. The minimum absolute atomic E-state index is 0. The maximum atomic E-state index is 5.51. The standard InChI is InChI=1S/C21H32N6O2.HI/c1-5-22-21(23-12-10-19-25-20(15(2)3)26-29-19)24-16-11-13-27(14-16)17-8-6-7-9-18(17)28-4;/h6-9,15-16H,5,10-14H2,1-4H3,(H2,22,23,24);1H. The van der Waals surface area contributed by atoms with Crippen LogP contribution in [0.2, 0.25) is 0 Å². The van der Waals surface area contributed by atoms with Gasteiger partial charge in [0, 0.05) is 38.0 Å². The highest BCUT2D eigenvalue weighted by atomic mass is 127. The van der Waals surface area contributed by atoms with E-state index in [4.69, 9.17) is 9.26 Å². The van der Waals surface area contributed by atoms with Gasteiger partial charge in [-0.3, -0.25) is 4.99 Å². The molecule has 1 aromatic heterocycles. The molecule has 30 heavy (non-hydrogen) atoms. The van der Waals surface area contributed by atoms with E-state index < -0.39 is 0 Å². The number of aromatic nitrogens is 2. The second-order valence-electron chi connectivity index (χ2n) is 7.46. The number of hydrogen-bond donors (Lipinski definition) is 2. The van der Waals surface area contributed by atoms with E-state index >= 15 is 0 Å². The van der Waals surface area contributed by atoms with Gasteiger partial charge in [0.15, 0.2) is 11.8 Å². The van der Waals surface area contributed by atoms with Gasteiger partial charge in [0.2, 0.25) is 5.89 Å². The number of benzene rings is 1. The number of anilines is 1. The van der Waals surface area contributed by atoms with Crippen molar-refractivity contribution in [1.29, 1.82) is 0 Å². The Morgan fingerprint density at radius 2 is 2.17 bits per heavy atom. The number of hydrogen-bond acceptors (Lipinski definition) is 6. The van der Waals surface area contributed by atoms with E-state index in [1.165, 1.54) is 0 Å². The Morgan fingerprint density at radius 3 is 2.87 bits per heavy atom. The Bertz CT molecular complexity index is 810. The van der Waals surface area contributed by atoms with E-state index in [2.05, 4.69) is 57.5 Å². The third-order valence-electron chi connectivity index (χ3n) is 4.89. The molecule has 0 aliphatic carbocycles. The maximum Gasteiger partial charge on any atom is 0.228 e. The zero-order chi connectivity index (χ0) is 20.6. The molecule has 3 rings (SSSR count). The van der Waals surface area contributed by atoms with Crippen molar-refractivity contribution in [2.45, 2.75) is 45.6 Å². The average Bonchev–Trinajstić information content (AvgIpc) is 3.38. The van der Waals surface area contributed by atoms with Gasteiger partial charge in [0.25, 0.3) is 0 Å². The minimum atomic E-state index is 0. The molecule has 0 spiro atoms. The van der Waals surface area contributed by atoms with Crippen molar-refractivity contribution in [2.75, 3.05) is 38.2 Å². The lowest BCUT2D eigenvalue weighted by Crippen LogP contribution is -2.44. The molecule has 2 heterocycles. The smallest absolute Gasteiger partial charge is 0.228 e. The highest BCUT2D eigenvalue weighted by molar-refractivity contribution is 14.0. The number of nitrogens with zero attached hydrogens (tertiary/aromatic N) is 4. The lowest BCUT2D eigenvalue weighted by atomic mass is 10.2. The molecule has 1 aromatic carbocycles. The third kappa shape index (κ3) is 6.48. The molecule has 1 aliphatic rings. The van der Waals surface area contributed by atoms with Crippen LogP contribution in [-0.4, -0.2) is 55.4 Å². The Balaban J connectivity index is 0.00000320. The molecule has 0 amide bonds. The first-order chi connectivity index (χ1) is 14.1. The first-order valence-corrected chi connectivity index (χ1v) is 10.4. The van der Waals surface area contributed by atoms with Crippen LogP contribution in [0.25, 0.3) is 0 Å².